The first kappa shape index (κ1) is 14.3. The van der Waals surface area contributed by atoms with Crippen LogP contribution in [0.2, 0.25) is 0 Å². The summed E-state index contributed by atoms with van der Waals surface area (Å²) < 4.78 is 38.7. The number of amides is 1. The van der Waals surface area contributed by atoms with E-state index in [0.717, 1.165) is 0 Å². The highest BCUT2D eigenvalue weighted by atomic mass is 79.9. The van der Waals surface area contributed by atoms with E-state index < -0.39 is 18.0 Å². The number of carbonyl (C=O) groups excluding carboxylic acids is 1. The Balaban J connectivity index is 2.11. The predicted molar refractivity (Wildman–Crippen MR) is 66.6 cm³/mol. The van der Waals surface area contributed by atoms with Crippen molar-refractivity contribution in [1.82, 2.24) is 9.88 Å². The minimum atomic E-state index is -4.24. The lowest BCUT2D eigenvalue weighted by Gasteiger charge is -2.33. The summed E-state index contributed by atoms with van der Waals surface area (Å²) in [6.07, 6.45) is -0.897. The topological polar surface area (TPSA) is 33.2 Å². The summed E-state index contributed by atoms with van der Waals surface area (Å²) in [6, 6.07) is 1.56. The van der Waals surface area contributed by atoms with Gasteiger partial charge in [0.15, 0.2) is 0 Å². The van der Waals surface area contributed by atoms with Gasteiger partial charge in [0.2, 0.25) is 0 Å². The fourth-order valence-corrected chi connectivity index (χ4v) is 2.51. The molecule has 1 aromatic rings. The van der Waals surface area contributed by atoms with E-state index in [2.05, 4.69) is 20.9 Å². The van der Waals surface area contributed by atoms with Gasteiger partial charge >= 0.3 is 6.18 Å². The summed E-state index contributed by atoms with van der Waals surface area (Å²) in [7, 11) is 0. The zero-order valence-electron chi connectivity index (χ0n) is 9.95. The first-order valence-electron chi connectivity index (χ1n) is 5.84. The number of rotatable bonds is 1. The lowest BCUT2D eigenvalue weighted by atomic mass is 9.97. The first-order chi connectivity index (χ1) is 8.88. The molecule has 7 heteroatoms. The Bertz CT molecular complexity index is 478. The molecule has 0 saturated carbocycles. The summed E-state index contributed by atoms with van der Waals surface area (Å²) in [5.41, 5.74) is 0.303. The molecule has 1 aromatic heterocycles. The molecule has 19 heavy (non-hydrogen) atoms. The van der Waals surface area contributed by atoms with Crippen LogP contribution >= 0.6 is 15.9 Å². The third kappa shape index (κ3) is 3.46. The lowest BCUT2D eigenvalue weighted by molar-refractivity contribution is -0.184. The molecule has 104 valence electrons. The molecule has 1 aliphatic rings. The first-order valence-corrected chi connectivity index (χ1v) is 6.64. The van der Waals surface area contributed by atoms with Crippen LogP contribution in [0.25, 0.3) is 0 Å². The number of likely N-dealkylation sites (tertiary alicyclic amines) is 1. The van der Waals surface area contributed by atoms with Gasteiger partial charge in [-0.3, -0.25) is 9.78 Å². The van der Waals surface area contributed by atoms with Gasteiger partial charge in [-0.1, -0.05) is 0 Å². The van der Waals surface area contributed by atoms with Crippen molar-refractivity contribution in [3.63, 3.8) is 0 Å². The molecule has 0 radical (unpaired) electrons. The zero-order chi connectivity index (χ0) is 14.0. The molecule has 1 aliphatic heterocycles. The molecule has 0 bridgehead atoms. The molecular weight excluding hydrogens is 325 g/mol. The van der Waals surface area contributed by atoms with Crippen LogP contribution in [0, 0.1) is 5.92 Å². The van der Waals surface area contributed by atoms with E-state index in [4.69, 9.17) is 0 Å². The molecule has 1 saturated heterocycles. The highest BCUT2D eigenvalue weighted by Gasteiger charge is 2.42. The SMILES string of the molecule is O=C(c1cncc(Br)c1)N1CCCC(C(F)(F)F)C1. The van der Waals surface area contributed by atoms with Crippen LogP contribution in [0.1, 0.15) is 23.2 Å². The quantitative estimate of drug-likeness (QED) is 0.788. The second kappa shape index (κ2) is 5.48. The summed E-state index contributed by atoms with van der Waals surface area (Å²) in [5, 5.41) is 0. The normalized spacial score (nSPS) is 20.4. The maximum absolute atomic E-state index is 12.7. The van der Waals surface area contributed by atoms with E-state index in [1.54, 1.807) is 6.07 Å². The van der Waals surface area contributed by atoms with Crippen molar-refractivity contribution < 1.29 is 18.0 Å². The number of halogens is 4. The summed E-state index contributed by atoms with van der Waals surface area (Å²) in [4.78, 5) is 17.2. The van der Waals surface area contributed by atoms with Gasteiger partial charge in [0.05, 0.1) is 11.5 Å². The van der Waals surface area contributed by atoms with Gasteiger partial charge < -0.3 is 4.90 Å². The molecule has 0 aromatic carbocycles. The fraction of sp³-hybridized carbons (Fsp3) is 0.500. The molecule has 1 atom stereocenters. The van der Waals surface area contributed by atoms with E-state index in [1.807, 2.05) is 0 Å². The molecule has 1 fully saturated rings. The van der Waals surface area contributed by atoms with Crippen LogP contribution in [-0.4, -0.2) is 35.1 Å². The zero-order valence-corrected chi connectivity index (χ0v) is 11.5. The van der Waals surface area contributed by atoms with Gasteiger partial charge in [-0.05, 0) is 34.8 Å². The molecule has 0 N–H and O–H groups in total. The standard InChI is InChI=1S/C12H12BrF3N2O/c13-10-4-8(5-17-6-10)11(19)18-3-1-2-9(7-18)12(14,15)16/h4-6,9H,1-3,7H2. The highest BCUT2D eigenvalue weighted by molar-refractivity contribution is 9.10. The Morgan fingerprint density at radius 3 is 2.79 bits per heavy atom. The van der Waals surface area contributed by atoms with Crippen molar-refractivity contribution in [1.29, 1.82) is 0 Å². The number of pyridine rings is 1. The van der Waals surface area contributed by atoms with Gasteiger partial charge in [-0.2, -0.15) is 13.2 Å². The third-order valence-electron chi connectivity index (χ3n) is 3.12. The molecule has 1 unspecified atom stereocenters. The Morgan fingerprint density at radius 1 is 1.42 bits per heavy atom. The van der Waals surface area contributed by atoms with E-state index in [0.29, 0.717) is 23.0 Å². The smallest absolute Gasteiger partial charge is 0.338 e. The molecule has 0 spiro atoms. The number of piperidine rings is 1. The van der Waals surface area contributed by atoms with Crippen LogP contribution in [-0.2, 0) is 0 Å². The molecule has 2 heterocycles. The van der Waals surface area contributed by atoms with Crippen molar-refractivity contribution in [2.45, 2.75) is 19.0 Å². The van der Waals surface area contributed by atoms with Crippen molar-refractivity contribution in [2.24, 2.45) is 5.92 Å². The van der Waals surface area contributed by atoms with Crippen LogP contribution in [0.4, 0.5) is 13.2 Å². The molecule has 1 amide bonds. The average Bonchev–Trinajstić information content (AvgIpc) is 2.37. The van der Waals surface area contributed by atoms with Crippen molar-refractivity contribution >= 4 is 21.8 Å². The third-order valence-corrected chi connectivity index (χ3v) is 3.56. The molecule has 3 nitrogen and oxygen atoms in total. The minimum Gasteiger partial charge on any atom is -0.338 e. The number of hydrogen-bond acceptors (Lipinski definition) is 2. The Morgan fingerprint density at radius 2 is 2.16 bits per heavy atom. The van der Waals surface area contributed by atoms with Gasteiger partial charge in [-0.25, -0.2) is 0 Å². The molecule has 2 rings (SSSR count). The predicted octanol–water partition coefficient (Wildman–Crippen LogP) is 3.26. The van der Waals surface area contributed by atoms with Crippen LogP contribution in [0.3, 0.4) is 0 Å². The van der Waals surface area contributed by atoms with E-state index in [9.17, 15) is 18.0 Å². The fourth-order valence-electron chi connectivity index (χ4n) is 2.14. The maximum atomic E-state index is 12.7. The summed E-state index contributed by atoms with van der Waals surface area (Å²) in [5.74, 6) is -1.83. The van der Waals surface area contributed by atoms with Crippen molar-refractivity contribution in [3.8, 4) is 0 Å². The Labute approximate surface area is 116 Å². The van der Waals surface area contributed by atoms with E-state index in [1.165, 1.54) is 17.3 Å². The van der Waals surface area contributed by atoms with Crippen molar-refractivity contribution in [3.05, 3.63) is 28.5 Å². The van der Waals surface area contributed by atoms with E-state index >= 15 is 0 Å². The van der Waals surface area contributed by atoms with Crippen LogP contribution in [0.5, 0.6) is 0 Å². The van der Waals surface area contributed by atoms with Crippen LogP contribution in [0.15, 0.2) is 22.9 Å². The van der Waals surface area contributed by atoms with Gasteiger partial charge in [0, 0.05) is 30.0 Å². The van der Waals surface area contributed by atoms with Crippen molar-refractivity contribution in [2.75, 3.05) is 13.1 Å². The lowest BCUT2D eigenvalue weighted by Crippen LogP contribution is -2.44. The second-order valence-electron chi connectivity index (χ2n) is 4.52. The van der Waals surface area contributed by atoms with Crippen LogP contribution < -0.4 is 0 Å². The number of hydrogen-bond donors (Lipinski definition) is 0. The Hall–Kier alpha value is -1.11. The van der Waals surface area contributed by atoms with E-state index in [-0.39, 0.29) is 13.0 Å². The summed E-state index contributed by atoms with van der Waals surface area (Å²) >= 11 is 3.18. The minimum absolute atomic E-state index is 0.0873. The number of carbonyl (C=O) groups is 1. The second-order valence-corrected chi connectivity index (χ2v) is 5.44. The Kier molecular flexibility index (Phi) is 4.13. The molecule has 0 aliphatic carbocycles. The largest absolute Gasteiger partial charge is 0.393 e. The maximum Gasteiger partial charge on any atom is 0.393 e. The summed E-state index contributed by atoms with van der Waals surface area (Å²) in [6.45, 7) is 0.0901. The average molecular weight is 337 g/mol. The number of nitrogens with zero attached hydrogens (tertiary/aromatic N) is 2. The van der Waals surface area contributed by atoms with Gasteiger partial charge in [0.25, 0.3) is 5.91 Å². The molecular formula is C12H12BrF3N2O. The number of alkyl halides is 3. The number of aromatic nitrogens is 1. The van der Waals surface area contributed by atoms with Gasteiger partial charge in [0.1, 0.15) is 0 Å². The monoisotopic (exact) mass is 336 g/mol. The highest BCUT2D eigenvalue weighted by Crippen LogP contribution is 2.33. The van der Waals surface area contributed by atoms with Gasteiger partial charge in [-0.15, -0.1) is 0 Å².